The fourth-order valence-corrected chi connectivity index (χ4v) is 4.85. The monoisotopic (exact) mass is 469 g/mol. The number of hydrazine groups is 1. The summed E-state index contributed by atoms with van der Waals surface area (Å²) in [5, 5.41) is 5.00. The van der Waals surface area contributed by atoms with Gasteiger partial charge in [-0.15, -0.1) is 0 Å². The first kappa shape index (κ1) is 26.7. The molecule has 0 radical (unpaired) electrons. The normalized spacial score (nSPS) is 15.5. The zero-order valence-corrected chi connectivity index (χ0v) is 22.5. The summed E-state index contributed by atoms with van der Waals surface area (Å²) in [7, 11) is 0. The van der Waals surface area contributed by atoms with Crippen LogP contribution in [0.1, 0.15) is 63.6 Å². The molecule has 0 spiro atoms. The van der Waals surface area contributed by atoms with E-state index in [-0.39, 0.29) is 0 Å². The number of benzene rings is 2. The zero-order chi connectivity index (χ0) is 25.4. The molecule has 1 fully saturated rings. The lowest BCUT2D eigenvalue weighted by Gasteiger charge is -2.41. The largest absolute Gasteiger partial charge is 0.274 e. The molecule has 2 aromatic rings. The van der Waals surface area contributed by atoms with E-state index >= 15 is 0 Å². The molecule has 1 heterocycles. The molecule has 3 rings (SSSR count). The Bertz CT molecular complexity index is 1060. The van der Waals surface area contributed by atoms with Crippen LogP contribution in [0, 0.1) is 12.8 Å². The molecule has 0 unspecified atom stereocenters. The van der Waals surface area contributed by atoms with Gasteiger partial charge in [-0.3, -0.25) is 10.0 Å². The highest BCUT2D eigenvalue weighted by Gasteiger charge is 2.25. The molecule has 186 valence electrons. The summed E-state index contributed by atoms with van der Waals surface area (Å²) in [6.45, 7) is 21.1. The third-order valence-electron chi connectivity index (χ3n) is 7.24. The van der Waals surface area contributed by atoms with Crippen molar-refractivity contribution in [2.24, 2.45) is 10.9 Å². The zero-order valence-electron chi connectivity index (χ0n) is 22.5. The number of piperidine rings is 1. The molecule has 0 saturated carbocycles. The first-order valence-electron chi connectivity index (χ1n) is 13.2. The van der Waals surface area contributed by atoms with E-state index < -0.39 is 0 Å². The van der Waals surface area contributed by atoms with E-state index in [9.17, 15) is 0 Å². The average molecular weight is 470 g/mol. The third kappa shape index (κ3) is 6.61. The molecule has 1 aliphatic rings. The summed E-state index contributed by atoms with van der Waals surface area (Å²) in [6.07, 6.45) is 11.5. The Labute approximate surface area is 213 Å². The van der Waals surface area contributed by atoms with Crippen molar-refractivity contribution in [1.82, 2.24) is 5.01 Å². The predicted molar refractivity (Wildman–Crippen MR) is 154 cm³/mol. The second-order valence-electron chi connectivity index (χ2n) is 9.53. The van der Waals surface area contributed by atoms with E-state index in [1.54, 1.807) is 0 Å². The molecule has 1 saturated heterocycles. The van der Waals surface area contributed by atoms with E-state index in [1.807, 2.05) is 25.3 Å². The van der Waals surface area contributed by atoms with E-state index in [2.05, 4.69) is 87.3 Å². The molecule has 0 N–H and O–H groups in total. The van der Waals surface area contributed by atoms with Crippen LogP contribution in [-0.4, -0.2) is 24.3 Å². The van der Waals surface area contributed by atoms with E-state index in [4.69, 9.17) is 4.99 Å². The predicted octanol–water partition coefficient (Wildman–Crippen LogP) is 8.69. The van der Waals surface area contributed by atoms with Crippen molar-refractivity contribution in [1.29, 1.82) is 0 Å². The van der Waals surface area contributed by atoms with Gasteiger partial charge in [0, 0.05) is 19.3 Å². The Balaban J connectivity index is 1.99. The van der Waals surface area contributed by atoms with Gasteiger partial charge in [0.2, 0.25) is 0 Å². The van der Waals surface area contributed by atoms with Crippen LogP contribution in [0.15, 0.2) is 77.8 Å². The van der Waals surface area contributed by atoms with Crippen LogP contribution in [-0.2, 0) is 12.8 Å². The van der Waals surface area contributed by atoms with Gasteiger partial charge in [-0.1, -0.05) is 58.6 Å². The van der Waals surface area contributed by atoms with E-state index in [0.29, 0.717) is 0 Å². The fraction of sp³-hybridized carbons (Fsp3) is 0.406. The molecule has 0 aromatic heterocycles. The molecular weight excluding hydrogens is 426 g/mol. The average Bonchev–Trinajstić information content (AvgIpc) is 2.89. The van der Waals surface area contributed by atoms with Crippen LogP contribution in [0.4, 0.5) is 17.1 Å². The van der Waals surface area contributed by atoms with Crippen LogP contribution in [0.3, 0.4) is 0 Å². The van der Waals surface area contributed by atoms with Crippen LogP contribution >= 0.6 is 0 Å². The first-order valence-corrected chi connectivity index (χ1v) is 13.2. The number of aryl methyl sites for hydroxylation is 3. The number of allylic oxidation sites excluding steroid dienone is 4. The molecule has 3 nitrogen and oxygen atoms in total. The van der Waals surface area contributed by atoms with Crippen LogP contribution in [0.2, 0.25) is 0 Å². The standard InChI is InChI=1S/C32H43N3/c1-8-26-15-17-34(18-16-26)35(31-21-27(9-2)20-28(10-3)22-31)30-13-14-32(24(6)19-30)33-23-25(7)29(11-4)12-5/h11-14,19-23,26H,4,7-10,15-18H2,1-3,5-6H3/b29-12+,33-23?. The lowest BCUT2D eigenvalue weighted by Crippen LogP contribution is -2.44. The second kappa shape index (κ2) is 12.7. The highest BCUT2D eigenvalue weighted by molar-refractivity contribution is 5.87. The van der Waals surface area contributed by atoms with Crippen molar-refractivity contribution in [3.05, 3.63) is 89.5 Å². The lowest BCUT2D eigenvalue weighted by molar-refractivity contribution is 0.183. The number of nitrogens with zero attached hydrogens (tertiary/aromatic N) is 3. The summed E-state index contributed by atoms with van der Waals surface area (Å²) in [5.74, 6) is 0.838. The van der Waals surface area contributed by atoms with Gasteiger partial charge in [-0.2, -0.15) is 0 Å². The maximum absolute atomic E-state index is 4.74. The van der Waals surface area contributed by atoms with Gasteiger partial charge in [-0.25, -0.2) is 5.01 Å². The van der Waals surface area contributed by atoms with Crippen LogP contribution < -0.4 is 5.01 Å². The van der Waals surface area contributed by atoms with Crippen molar-refractivity contribution in [2.75, 3.05) is 18.1 Å². The summed E-state index contributed by atoms with van der Waals surface area (Å²) in [4.78, 5) is 4.74. The van der Waals surface area contributed by atoms with Gasteiger partial charge >= 0.3 is 0 Å². The number of hydrogen-bond acceptors (Lipinski definition) is 3. The molecule has 0 atom stereocenters. The number of anilines is 2. The van der Waals surface area contributed by atoms with Crippen molar-refractivity contribution in [3.8, 4) is 0 Å². The molecule has 0 bridgehead atoms. The summed E-state index contributed by atoms with van der Waals surface area (Å²) >= 11 is 0. The maximum atomic E-state index is 4.74. The van der Waals surface area contributed by atoms with Gasteiger partial charge in [0.05, 0.1) is 17.1 Å². The number of aliphatic imine (C=N–C) groups is 1. The van der Waals surface area contributed by atoms with Gasteiger partial charge < -0.3 is 0 Å². The smallest absolute Gasteiger partial charge is 0.0660 e. The molecule has 1 aliphatic heterocycles. The minimum Gasteiger partial charge on any atom is -0.274 e. The summed E-state index contributed by atoms with van der Waals surface area (Å²) in [5.41, 5.74) is 9.26. The minimum absolute atomic E-state index is 0.838. The Morgan fingerprint density at radius 1 is 1.03 bits per heavy atom. The highest BCUT2D eigenvalue weighted by Crippen LogP contribution is 2.35. The van der Waals surface area contributed by atoms with Crippen molar-refractivity contribution < 1.29 is 0 Å². The molecule has 0 aliphatic carbocycles. The Kier molecular flexibility index (Phi) is 9.68. The molecular formula is C32H43N3. The lowest BCUT2D eigenvalue weighted by atomic mass is 9.95. The van der Waals surface area contributed by atoms with E-state index in [0.717, 1.165) is 54.2 Å². The Hall–Kier alpha value is -2.91. The van der Waals surface area contributed by atoms with Crippen molar-refractivity contribution in [3.63, 3.8) is 0 Å². The SMILES string of the molecule is C=C/C(=C\C)C(=C)C=Nc1ccc(N(c2cc(CC)cc(CC)c2)N2CCC(CC)CC2)cc1C. The van der Waals surface area contributed by atoms with Crippen molar-refractivity contribution in [2.45, 2.75) is 66.7 Å². The molecule has 35 heavy (non-hydrogen) atoms. The van der Waals surface area contributed by atoms with E-state index in [1.165, 1.54) is 41.8 Å². The minimum atomic E-state index is 0.838. The first-order chi connectivity index (χ1) is 16.9. The molecule has 2 aromatic carbocycles. The van der Waals surface area contributed by atoms with Gasteiger partial charge in [0.1, 0.15) is 0 Å². The Morgan fingerprint density at radius 2 is 1.69 bits per heavy atom. The second-order valence-corrected chi connectivity index (χ2v) is 9.53. The van der Waals surface area contributed by atoms with Crippen molar-refractivity contribution >= 4 is 23.3 Å². The van der Waals surface area contributed by atoms with Gasteiger partial charge in [-0.05, 0) is 104 Å². The summed E-state index contributed by atoms with van der Waals surface area (Å²) in [6, 6.07) is 13.7. The number of hydrogen-bond donors (Lipinski definition) is 0. The summed E-state index contributed by atoms with van der Waals surface area (Å²) < 4.78 is 0. The number of rotatable bonds is 10. The maximum Gasteiger partial charge on any atom is 0.0660 e. The molecule has 0 amide bonds. The fourth-order valence-electron chi connectivity index (χ4n) is 4.85. The Morgan fingerprint density at radius 3 is 2.20 bits per heavy atom. The topological polar surface area (TPSA) is 18.8 Å². The molecule has 3 heteroatoms. The van der Waals surface area contributed by atoms with Gasteiger partial charge in [0.15, 0.2) is 0 Å². The van der Waals surface area contributed by atoms with Crippen LogP contribution in [0.5, 0.6) is 0 Å². The quantitative estimate of drug-likeness (QED) is 0.256. The third-order valence-corrected chi connectivity index (χ3v) is 7.24. The van der Waals surface area contributed by atoms with Crippen LogP contribution in [0.25, 0.3) is 0 Å². The highest BCUT2D eigenvalue weighted by atomic mass is 15.6. The van der Waals surface area contributed by atoms with Gasteiger partial charge in [0.25, 0.3) is 0 Å².